The van der Waals surface area contributed by atoms with Gasteiger partial charge >= 0.3 is 0 Å². The van der Waals surface area contributed by atoms with E-state index in [4.69, 9.17) is 16.7 Å². The summed E-state index contributed by atoms with van der Waals surface area (Å²) >= 11 is 1.12. The lowest BCUT2D eigenvalue weighted by atomic mass is 9.84. The predicted octanol–water partition coefficient (Wildman–Crippen LogP) is 3.33. The van der Waals surface area contributed by atoms with Gasteiger partial charge in [-0.25, -0.2) is 8.78 Å². The molecule has 2 heterocycles. The molecule has 0 radical (unpaired) electrons. The number of pyridine rings is 1. The molecule has 1 amide bonds. The van der Waals surface area contributed by atoms with Crippen molar-refractivity contribution in [1.29, 1.82) is 5.26 Å². The number of aliphatic imine (C=N–C) groups is 1. The highest BCUT2D eigenvalue weighted by atomic mass is 32.2. The average molecular weight is 439 g/mol. The second kappa shape index (κ2) is 7.17. The van der Waals surface area contributed by atoms with Gasteiger partial charge in [0.2, 0.25) is 5.91 Å². The zero-order valence-corrected chi connectivity index (χ0v) is 17.6. The smallest absolute Gasteiger partial charge is 0.234 e. The molecule has 2 aliphatic rings. The van der Waals surface area contributed by atoms with Crippen molar-refractivity contribution in [2.75, 3.05) is 0 Å². The monoisotopic (exact) mass is 439 g/mol. The van der Waals surface area contributed by atoms with E-state index in [9.17, 15) is 13.6 Å². The summed E-state index contributed by atoms with van der Waals surface area (Å²) in [6, 6.07) is 8.95. The minimum absolute atomic E-state index is 0.0518. The Kier molecular flexibility index (Phi) is 4.85. The Morgan fingerprint density at radius 2 is 2.10 bits per heavy atom. The molecule has 1 aromatic heterocycles. The molecule has 1 aliphatic carbocycles. The van der Waals surface area contributed by atoms with E-state index in [1.165, 1.54) is 42.6 Å². The van der Waals surface area contributed by atoms with Crippen LogP contribution in [-0.4, -0.2) is 20.8 Å². The molecule has 31 heavy (non-hydrogen) atoms. The fraction of sp³-hybridized carbons (Fsp3) is 0.273. The SMILES string of the molecule is C[C@H]1[C@@H]2[C@@]1(C(N)=O)SC(N)=N[C@]2(C)c1cc(/C=C(\F)c2ccc(C#N)cn2)ccc1F. The second-order valence-corrected chi connectivity index (χ2v) is 9.20. The summed E-state index contributed by atoms with van der Waals surface area (Å²) in [5.74, 6) is -2.16. The molecule has 158 valence electrons. The Labute approximate surface area is 182 Å². The maximum atomic E-state index is 14.9. The third-order valence-corrected chi connectivity index (χ3v) is 7.57. The molecule has 6 nitrogen and oxygen atoms in total. The number of hydrogen-bond acceptors (Lipinski definition) is 6. The number of rotatable bonds is 4. The van der Waals surface area contributed by atoms with Gasteiger partial charge < -0.3 is 11.5 Å². The first-order valence-electron chi connectivity index (χ1n) is 9.51. The molecule has 4 atom stereocenters. The summed E-state index contributed by atoms with van der Waals surface area (Å²) in [5, 5.41) is 9.00. The van der Waals surface area contributed by atoms with Crippen molar-refractivity contribution in [2.45, 2.75) is 24.1 Å². The van der Waals surface area contributed by atoms with Crippen LogP contribution >= 0.6 is 11.8 Å². The number of halogens is 2. The highest BCUT2D eigenvalue weighted by Crippen LogP contribution is 2.69. The predicted molar refractivity (Wildman–Crippen MR) is 115 cm³/mol. The molecule has 0 unspecified atom stereocenters. The third-order valence-electron chi connectivity index (χ3n) is 6.10. The zero-order valence-electron chi connectivity index (χ0n) is 16.8. The van der Waals surface area contributed by atoms with Gasteiger partial charge in [0.1, 0.15) is 22.5 Å². The van der Waals surface area contributed by atoms with Gasteiger partial charge in [-0.2, -0.15) is 5.26 Å². The number of hydrogen-bond donors (Lipinski definition) is 2. The summed E-state index contributed by atoms with van der Waals surface area (Å²) in [6.45, 7) is 3.59. The number of fused-ring (bicyclic) bond motifs is 1. The molecule has 1 aliphatic heterocycles. The van der Waals surface area contributed by atoms with Crippen molar-refractivity contribution < 1.29 is 13.6 Å². The van der Waals surface area contributed by atoms with Crippen LogP contribution in [0.25, 0.3) is 11.9 Å². The normalized spacial score (nSPS) is 29.5. The minimum atomic E-state index is -1.12. The lowest BCUT2D eigenvalue weighted by Gasteiger charge is -2.33. The number of amidine groups is 1. The number of nitriles is 1. The number of benzene rings is 1. The van der Waals surface area contributed by atoms with Crippen LogP contribution in [-0.2, 0) is 10.3 Å². The number of nitrogens with two attached hydrogens (primary N) is 2. The molecule has 4 rings (SSSR count). The van der Waals surface area contributed by atoms with Crippen LogP contribution in [0.5, 0.6) is 0 Å². The second-order valence-electron chi connectivity index (χ2n) is 7.90. The highest BCUT2D eigenvalue weighted by molar-refractivity contribution is 8.15. The van der Waals surface area contributed by atoms with Gasteiger partial charge in [-0.3, -0.25) is 14.8 Å². The molecule has 1 aromatic carbocycles. The molecular formula is C22H19F2N5OS. The van der Waals surface area contributed by atoms with Gasteiger partial charge in [0.15, 0.2) is 5.17 Å². The first-order valence-corrected chi connectivity index (χ1v) is 10.3. The summed E-state index contributed by atoms with van der Waals surface area (Å²) in [4.78, 5) is 20.6. The quantitative estimate of drug-likeness (QED) is 0.758. The number of carbonyl (C=O) groups is 1. The van der Waals surface area contributed by atoms with Crippen molar-refractivity contribution in [3.63, 3.8) is 0 Å². The van der Waals surface area contributed by atoms with Crippen LogP contribution in [0, 0.1) is 29.0 Å². The number of amides is 1. The number of nitrogens with zero attached hydrogens (tertiary/aromatic N) is 3. The van der Waals surface area contributed by atoms with Crippen molar-refractivity contribution in [3.8, 4) is 6.07 Å². The van der Waals surface area contributed by atoms with Crippen molar-refractivity contribution in [2.24, 2.45) is 28.3 Å². The molecule has 1 saturated carbocycles. The molecule has 2 aromatic rings. The number of primary amides is 1. The van der Waals surface area contributed by atoms with Crippen LogP contribution in [0.1, 0.15) is 36.2 Å². The van der Waals surface area contributed by atoms with E-state index in [1.807, 2.05) is 13.0 Å². The first kappa shape index (κ1) is 21.0. The maximum Gasteiger partial charge on any atom is 0.234 e. The Bertz CT molecular complexity index is 1190. The molecule has 0 bridgehead atoms. The van der Waals surface area contributed by atoms with Crippen LogP contribution in [0.2, 0.25) is 0 Å². The highest BCUT2D eigenvalue weighted by Gasteiger charge is 2.75. The van der Waals surface area contributed by atoms with Crippen molar-refractivity contribution in [1.82, 2.24) is 4.98 Å². The van der Waals surface area contributed by atoms with E-state index >= 15 is 0 Å². The third kappa shape index (κ3) is 3.18. The Morgan fingerprint density at radius 1 is 1.35 bits per heavy atom. The lowest BCUT2D eigenvalue weighted by molar-refractivity contribution is -0.118. The Balaban J connectivity index is 1.75. The van der Waals surface area contributed by atoms with E-state index in [-0.39, 0.29) is 28.3 Å². The van der Waals surface area contributed by atoms with E-state index in [1.54, 1.807) is 6.92 Å². The molecule has 0 spiro atoms. The Morgan fingerprint density at radius 3 is 2.71 bits per heavy atom. The van der Waals surface area contributed by atoms with Gasteiger partial charge in [0.05, 0.1) is 16.8 Å². The van der Waals surface area contributed by atoms with Gasteiger partial charge in [0, 0.05) is 17.7 Å². The topological polar surface area (TPSA) is 118 Å². The van der Waals surface area contributed by atoms with Crippen LogP contribution in [0.15, 0.2) is 41.5 Å². The number of thioether (sulfide) groups is 1. The van der Waals surface area contributed by atoms with E-state index < -0.39 is 27.8 Å². The number of carbonyl (C=O) groups excluding carboxylic acids is 1. The largest absolute Gasteiger partial charge is 0.378 e. The van der Waals surface area contributed by atoms with E-state index in [0.29, 0.717) is 11.1 Å². The maximum absolute atomic E-state index is 14.9. The molecule has 0 saturated heterocycles. The van der Waals surface area contributed by atoms with Crippen molar-refractivity contribution in [3.05, 3.63) is 64.7 Å². The lowest BCUT2D eigenvalue weighted by Crippen LogP contribution is -2.42. The van der Waals surface area contributed by atoms with Crippen molar-refractivity contribution >= 4 is 34.7 Å². The summed E-state index contributed by atoms with van der Waals surface area (Å²) < 4.78 is 28.7. The van der Waals surface area contributed by atoms with Gasteiger partial charge in [-0.05, 0) is 48.7 Å². The van der Waals surface area contributed by atoms with Gasteiger partial charge in [-0.1, -0.05) is 24.8 Å². The fourth-order valence-corrected chi connectivity index (χ4v) is 6.08. The van der Waals surface area contributed by atoms with Crippen LogP contribution in [0.3, 0.4) is 0 Å². The van der Waals surface area contributed by atoms with Gasteiger partial charge in [-0.15, -0.1) is 0 Å². The first-order chi connectivity index (χ1) is 14.6. The zero-order chi connectivity index (χ0) is 22.6. The molecular weight excluding hydrogens is 420 g/mol. The van der Waals surface area contributed by atoms with Crippen LogP contribution < -0.4 is 11.5 Å². The van der Waals surface area contributed by atoms with Gasteiger partial charge in [0.25, 0.3) is 0 Å². The Hall–Kier alpha value is -3.25. The standard InChI is InChI=1S/C22H19F2N5OS/c1-11-18-21(2,29-20(27)31-22(11,18)19(26)30)14-7-12(3-5-15(14)23)8-16(24)17-6-4-13(9-25)10-28-17/h3-8,10-11,18H,1-2H3,(H2,26,30)(H2,27,29)/b16-8-/t11-,18-,21+,22-/m0/s1. The fourth-order valence-electron chi connectivity index (χ4n) is 4.58. The molecule has 4 N–H and O–H groups in total. The number of aromatic nitrogens is 1. The van der Waals surface area contributed by atoms with E-state index in [0.717, 1.165) is 11.8 Å². The summed E-state index contributed by atoms with van der Waals surface area (Å²) in [7, 11) is 0. The summed E-state index contributed by atoms with van der Waals surface area (Å²) in [6.07, 6.45) is 2.50. The average Bonchev–Trinajstić information content (AvgIpc) is 3.35. The van der Waals surface area contributed by atoms with Crippen LogP contribution in [0.4, 0.5) is 8.78 Å². The van der Waals surface area contributed by atoms with E-state index in [2.05, 4.69) is 9.98 Å². The molecule has 9 heteroatoms. The molecule has 1 fully saturated rings. The summed E-state index contributed by atoms with van der Waals surface area (Å²) in [5.41, 5.74) is 11.5. The minimum Gasteiger partial charge on any atom is -0.378 e.